The number of aliphatic hydroxyl groups excluding tert-OH is 2. The Bertz CT molecular complexity index is 539. The molecule has 3 N–H and O–H groups in total. The highest BCUT2D eigenvalue weighted by Gasteiger charge is 2.01. The number of allylic oxidation sites excluding steroid dienone is 1. The van der Waals surface area contributed by atoms with Gasteiger partial charge >= 0.3 is 0 Å². The summed E-state index contributed by atoms with van der Waals surface area (Å²) in [5.74, 6) is 0.0352. The van der Waals surface area contributed by atoms with Gasteiger partial charge in [0.1, 0.15) is 3.77 Å². The predicted molar refractivity (Wildman–Crippen MR) is 120 cm³/mol. The van der Waals surface area contributed by atoms with Gasteiger partial charge in [-0.05, 0) is 84.7 Å². The summed E-state index contributed by atoms with van der Waals surface area (Å²) >= 11 is 1.93. The van der Waals surface area contributed by atoms with E-state index in [0.29, 0.717) is 16.7 Å². The number of aliphatic hydroxyl groups is 2. The number of amides is 1. The molecule has 0 aliphatic heterocycles. The Morgan fingerprint density at radius 2 is 1.48 bits per heavy atom. The maximum absolute atomic E-state index is 11.4. The van der Waals surface area contributed by atoms with Crippen LogP contribution in [0, 0.1) is 0 Å². The predicted octanol–water partition coefficient (Wildman–Crippen LogP) is 5.23. The monoisotopic (exact) mass is 487 g/mol. The number of unbranched alkanes of at least 4 members (excludes halogenated alkanes) is 6. The van der Waals surface area contributed by atoms with E-state index in [0.717, 1.165) is 44.9 Å². The lowest BCUT2D eigenvalue weighted by Gasteiger charge is -2.06. The fourth-order valence-electron chi connectivity index (χ4n) is 3.00. The van der Waals surface area contributed by atoms with Gasteiger partial charge in [0.15, 0.2) is 0 Å². The number of carbonyl (C=O) groups excluding carboxylic acids is 1. The number of nitrogens with one attached hydrogen (secondary N) is 1. The fraction of sp³-hybridized carbons (Fsp3) is 0.591. The van der Waals surface area contributed by atoms with E-state index in [1.165, 1.54) is 30.4 Å². The van der Waals surface area contributed by atoms with E-state index in [-0.39, 0.29) is 12.5 Å². The molecule has 0 heterocycles. The Morgan fingerprint density at radius 3 is 2.04 bits per heavy atom. The molecular weight excluding hydrogens is 453 g/mol. The Labute approximate surface area is 177 Å². The van der Waals surface area contributed by atoms with Crippen LogP contribution >= 0.6 is 22.6 Å². The molecule has 27 heavy (non-hydrogen) atoms. The maximum atomic E-state index is 11.4. The van der Waals surface area contributed by atoms with Gasteiger partial charge < -0.3 is 15.5 Å². The molecule has 0 atom stereocenters. The van der Waals surface area contributed by atoms with E-state index in [2.05, 4.69) is 29.6 Å². The zero-order valence-corrected chi connectivity index (χ0v) is 18.4. The molecule has 1 amide bonds. The minimum absolute atomic E-state index is 0.00340. The van der Waals surface area contributed by atoms with Gasteiger partial charge in [-0.15, -0.1) is 0 Å². The van der Waals surface area contributed by atoms with Crippen LogP contribution in [0.3, 0.4) is 0 Å². The first-order valence-corrected chi connectivity index (χ1v) is 11.2. The second-order valence-corrected chi connectivity index (χ2v) is 8.04. The molecule has 152 valence electrons. The summed E-state index contributed by atoms with van der Waals surface area (Å²) < 4.78 is 0.399. The molecule has 0 aliphatic carbocycles. The number of hydrogen-bond donors (Lipinski definition) is 3. The maximum Gasteiger partial charge on any atom is 0.220 e. The molecule has 0 saturated heterocycles. The van der Waals surface area contributed by atoms with E-state index >= 15 is 0 Å². The summed E-state index contributed by atoms with van der Waals surface area (Å²) in [6.45, 7) is 0.356. The highest BCUT2D eigenvalue weighted by Crippen LogP contribution is 2.13. The first kappa shape index (κ1) is 24.0. The smallest absolute Gasteiger partial charge is 0.220 e. The van der Waals surface area contributed by atoms with Crippen LogP contribution in [0.4, 0.5) is 0 Å². The molecule has 0 radical (unpaired) electrons. The molecule has 0 spiro atoms. The molecule has 1 rings (SSSR count). The van der Waals surface area contributed by atoms with Crippen LogP contribution in [0.25, 0.3) is 0 Å². The van der Waals surface area contributed by atoms with Crippen molar-refractivity contribution in [2.45, 2.75) is 70.6 Å². The summed E-state index contributed by atoms with van der Waals surface area (Å²) in [6.07, 6.45) is 13.5. The summed E-state index contributed by atoms with van der Waals surface area (Å²) in [6, 6.07) is 8.96. The molecular formula is C22H34INO3. The lowest BCUT2D eigenvalue weighted by molar-refractivity contribution is -0.121. The van der Waals surface area contributed by atoms with E-state index in [9.17, 15) is 4.79 Å². The van der Waals surface area contributed by atoms with Crippen LogP contribution in [0.15, 0.2) is 34.1 Å². The molecule has 0 unspecified atom stereocenters. The molecule has 5 heteroatoms. The van der Waals surface area contributed by atoms with Crippen molar-refractivity contribution >= 4 is 28.5 Å². The zero-order chi connectivity index (χ0) is 19.7. The van der Waals surface area contributed by atoms with E-state index in [1.807, 2.05) is 28.7 Å². The van der Waals surface area contributed by atoms with Gasteiger partial charge in [-0.3, -0.25) is 4.79 Å². The van der Waals surface area contributed by atoms with Crippen LogP contribution in [0.2, 0.25) is 0 Å². The van der Waals surface area contributed by atoms with Crippen LogP contribution < -0.4 is 5.32 Å². The highest BCUT2D eigenvalue weighted by molar-refractivity contribution is 14.1. The molecule has 4 nitrogen and oxygen atoms in total. The normalized spacial score (nSPS) is 11.6. The van der Waals surface area contributed by atoms with Crippen molar-refractivity contribution in [1.29, 1.82) is 0 Å². The standard InChI is InChI=1S/C22H34INO3/c23-21(26)11-7-3-1-2-5-9-19-13-15-20(16-14-19)10-6-4-8-12-22(27)24-17-18-25/h11,13-16,25-26H,1-10,12,17-18H2,(H,24,27). The van der Waals surface area contributed by atoms with Crippen molar-refractivity contribution in [3.63, 3.8) is 0 Å². The minimum Gasteiger partial charge on any atom is -0.503 e. The van der Waals surface area contributed by atoms with Crippen LogP contribution in [-0.2, 0) is 17.6 Å². The number of halogens is 1. The molecule has 0 aliphatic rings. The average molecular weight is 487 g/mol. The number of carbonyl (C=O) groups is 1. The Hall–Kier alpha value is -1.08. The topological polar surface area (TPSA) is 69.6 Å². The second-order valence-electron chi connectivity index (χ2n) is 6.93. The summed E-state index contributed by atoms with van der Waals surface area (Å²) in [4.78, 5) is 11.4. The van der Waals surface area contributed by atoms with Gasteiger partial charge in [0.2, 0.25) is 5.91 Å². The van der Waals surface area contributed by atoms with E-state index in [4.69, 9.17) is 10.2 Å². The molecule has 0 saturated carbocycles. The Balaban J connectivity index is 2.07. The molecule has 1 aromatic carbocycles. The van der Waals surface area contributed by atoms with Crippen LogP contribution in [0.1, 0.15) is 68.9 Å². The van der Waals surface area contributed by atoms with E-state index < -0.39 is 0 Å². The van der Waals surface area contributed by atoms with Crippen molar-refractivity contribution < 1.29 is 15.0 Å². The number of rotatable bonds is 15. The Kier molecular flexibility index (Phi) is 14.1. The van der Waals surface area contributed by atoms with Gasteiger partial charge in [-0.25, -0.2) is 0 Å². The zero-order valence-electron chi connectivity index (χ0n) is 16.3. The van der Waals surface area contributed by atoms with Gasteiger partial charge in [-0.2, -0.15) is 0 Å². The van der Waals surface area contributed by atoms with Crippen molar-refractivity contribution in [3.05, 3.63) is 45.2 Å². The molecule has 0 aromatic heterocycles. The summed E-state index contributed by atoms with van der Waals surface area (Å²) in [5.41, 5.74) is 2.78. The quantitative estimate of drug-likeness (QED) is 0.180. The first-order valence-electron chi connectivity index (χ1n) is 10.1. The SMILES string of the molecule is O=C(CCCCCc1ccc(CCCCCCC=C(O)I)cc1)NCCO. The average Bonchev–Trinajstić information content (AvgIpc) is 2.66. The summed E-state index contributed by atoms with van der Waals surface area (Å²) in [7, 11) is 0. The minimum atomic E-state index is 0.00340. The van der Waals surface area contributed by atoms with E-state index in [1.54, 1.807) is 0 Å². The third kappa shape index (κ3) is 13.7. The highest BCUT2D eigenvalue weighted by atomic mass is 127. The number of benzene rings is 1. The Morgan fingerprint density at radius 1 is 0.926 bits per heavy atom. The van der Waals surface area contributed by atoms with Crippen molar-refractivity contribution in [2.75, 3.05) is 13.2 Å². The van der Waals surface area contributed by atoms with Gasteiger partial charge in [0, 0.05) is 13.0 Å². The number of hydrogen-bond acceptors (Lipinski definition) is 3. The van der Waals surface area contributed by atoms with Gasteiger partial charge in [-0.1, -0.05) is 43.5 Å². The third-order valence-corrected chi connectivity index (χ3v) is 5.00. The molecule has 0 bridgehead atoms. The molecule has 1 aromatic rings. The third-order valence-electron chi connectivity index (χ3n) is 4.56. The second kappa shape index (κ2) is 15.9. The van der Waals surface area contributed by atoms with Crippen LogP contribution in [-0.4, -0.2) is 29.3 Å². The first-order chi connectivity index (χ1) is 13.1. The summed E-state index contributed by atoms with van der Waals surface area (Å²) in [5, 5.41) is 20.4. The fourth-order valence-corrected chi connectivity index (χ4v) is 3.31. The van der Waals surface area contributed by atoms with Crippen molar-refractivity contribution in [1.82, 2.24) is 5.32 Å². The number of aryl methyl sites for hydroxylation is 2. The lowest BCUT2D eigenvalue weighted by atomic mass is 10.0. The van der Waals surface area contributed by atoms with Crippen LogP contribution in [0.5, 0.6) is 0 Å². The van der Waals surface area contributed by atoms with Crippen molar-refractivity contribution in [3.8, 4) is 0 Å². The van der Waals surface area contributed by atoms with Crippen molar-refractivity contribution in [2.24, 2.45) is 0 Å². The lowest BCUT2D eigenvalue weighted by Crippen LogP contribution is -2.25. The largest absolute Gasteiger partial charge is 0.503 e. The molecule has 0 fully saturated rings. The van der Waals surface area contributed by atoms with Gasteiger partial charge in [0.05, 0.1) is 6.61 Å². The van der Waals surface area contributed by atoms with Gasteiger partial charge in [0.25, 0.3) is 0 Å².